The molecule has 0 aromatic heterocycles. The number of nitrogens with two attached hydrogens (primary N) is 2. The van der Waals surface area contributed by atoms with E-state index < -0.39 is 0 Å². The summed E-state index contributed by atoms with van der Waals surface area (Å²) in [6.07, 6.45) is 3.16. The van der Waals surface area contributed by atoms with Crippen molar-refractivity contribution in [3.63, 3.8) is 0 Å². The average molecular weight is 190 g/mol. The van der Waals surface area contributed by atoms with Crippen LogP contribution < -0.4 is 21.2 Å². The molecule has 0 amide bonds. The molecule has 2 rings (SSSR count). The molecular weight excluding hydrogens is 180 g/mol. The fraction of sp³-hybridized carbons (Fsp3) is 0. The fourth-order valence-electron chi connectivity index (χ4n) is 1.20. The summed E-state index contributed by atoms with van der Waals surface area (Å²) in [5, 5.41) is 5.48. The Morgan fingerprint density at radius 3 is 2.86 bits per heavy atom. The Morgan fingerprint density at radius 1 is 1.29 bits per heavy atom. The van der Waals surface area contributed by atoms with E-state index in [9.17, 15) is 0 Å². The smallest absolute Gasteiger partial charge is 0.209 e. The molecule has 1 aromatic carbocycles. The predicted octanol–water partition coefficient (Wildman–Crippen LogP) is 0.545. The van der Waals surface area contributed by atoms with Crippen LogP contribution >= 0.6 is 0 Å². The molecule has 0 saturated carbocycles. The molecule has 1 aromatic rings. The Balaban J connectivity index is 2.40. The molecule has 0 aliphatic carbocycles. The van der Waals surface area contributed by atoms with Crippen molar-refractivity contribution in [1.82, 2.24) is 0 Å². The third kappa shape index (κ3) is 1.47. The topological polar surface area (TPSA) is 76.9 Å². The van der Waals surface area contributed by atoms with Crippen molar-refractivity contribution >= 4 is 11.6 Å². The van der Waals surface area contributed by atoms with Gasteiger partial charge in [-0.25, -0.2) is 5.01 Å². The van der Waals surface area contributed by atoms with Crippen LogP contribution in [0.4, 0.5) is 5.69 Å². The summed E-state index contributed by atoms with van der Waals surface area (Å²) in [6, 6.07) is 7.47. The first-order valence-corrected chi connectivity index (χ1v) is 4.08. The number of rotatable bonds is 1. The van der Waals surface area contributed by atoms with E-state index in [-0.39, 0.29) is 5.96 Å². The first kappa shape index (κ1) is 8.43. The molecule has 0 bridgehead atoms. The lowest BCUT2D eigenvalue weighted by Gasteiger charge is -2.20. The SMILES string of the molecule is NC(N)=NN1C=COc2ccccc21. The van der Waals surface area contributed by atoms with Crippen LogP contribution in [0, 0.1) is 0 Å². The second-order valence-corrected chi connectivity index (χ2v) is 2.74. The standard InChI is InChI=1S/C9H10N4O/c10-9(11)12-13-5-6-14-8-4-2-1-3-7(8)13/h1-6H,(H4,10,11,12). The number of hydrogen-bond donors (Lipinski definition) is 2. The van der Waals surface area contributed by atoms with Gasteiger partial charge in [0.1, 0.15) is 11.9 Å². The molecule has 1 aliphatic heterocycles. The van der Waals surface area contributed by atoms with E-state index in [1.165, 1.54) is 6.26 Å². The van der Waals surface area contributed by atoms with Gasteiger partial charge < -0.3 is 16.2 Å². The van der Waals surface area contributed by atoms with Gasteiger partial charge in [0.25, 0.3) is 0 Å². The third-order valence-electron chi connectivity index (χ3n) is 1.73. The second kappa shape index (κ2) is 3.29. The lowest BCUT2D eigenvalue weighted by atomic mass is 10.3. The summed E-state index contributed by atoms with van der Waals surface area (Å²) in [6.45, 7) is 0. The van der Waals surface area contributed by atoms with Gasteiger partial charge in [-0.3, -0.25) is 0 Å². The van der Waals surface area contributed by atoms with Crippen LogP contribution in [0.1, 0.15) is 0 Å². The van der Waals surface area contributed by atoms with Gasteiger partial charge in [0.05, 0.1) is 6.20 Å². The van der Waals surface area contributed by atoms with E-state index in [2.05, 4.69) is 5.10 Å². The van der Waals surface area contributed by atoms with Gasteiger partial charge in [-0.05, 0) is 12.1 Å². The largest absolute Gasteiger partial charge is 0.461 e. The lowest BCUT2D eigenvalue weighted by molar-refractivity contribution is 0.470. The van der Waals surface area contributed by atoms with Crippen molar-refractivity contribution < 1.29 is 4.74 Å². The predicted molar refractivity (Wildman–Crippen MR) is 54.5 cm³/mol. The zero-order chi connectivity index (χ0) is 9.97. The van der Waals surface area contributed by atoms with Crippen molar-refractivity contribution in [2.45, 2.75) is 0 Å². The second-order valence-electron chi connectivity index (χ2n) is 2.74. The van der Waals surface area contributed by atoms with Crippen LogP contribution in [-0.4, -0.2) is 5.96 Å². The van der Waals surface area contributed by atoms with Gasteiger partial charge in [0.15, 0.2) is 5.75 Å². The quantitative estimate of drug-likeness (QED) is 0.500. The fourth-order valence-corrected chi connectivity index (χ4v) is 1.20. The van der Waals surface area contributed by atoms with E-state index in [1.807, 2.05) is 24.3 Å². The van der Waals surface area contributed by atoms with Crippen molar-refractivity contribution in [2.75, 3.05) is 5.01 Å². The maximum Gasteiger partial charge on any atom is 0.209 e. The number of benzene rings is 1. The molecule has 0 unspecified atom stereocenters. The summed E-state index contributed by atoms with van der Waals surface area (Å²) >= 11 is 0. The summed E-state index contributed by atoms with van der Waals surface area (Å²) in [5.41, 5.74) is 11.4. The Morgan fingerprint density at radius 2 is 2.07 bits per heavy atom. The highest BCUT2D eigenvalue weighted by Gasteiger charge is 2.12. The van der Waals surface area contributed by atoms with Crippen molar-refractivity contribution in [1.29, 1.82) is 0 Å². The number of anilines is 1. The minimum absolute atomic E-state index is 0.00588. The van der Waals surface area contributed by atoms with Crippen LogP contribution in [0.2, 0.25) is 0 Å². The summed E-state index contributed by atoms with van der Waals surface area (Å²) in [5.74, 6) is 0.728. The molecule has 5 nitrogen and oxygen atoms in total. The molecule has 5 heteroatoms. The molecule has 0 saturated heterocycles. The number of fused-ring (bicyclic) bond motifs is 1. The Hall–Kier alpha value is -2.17. The molecule has 0 atom stereocenters. The van der Waals surface area contributed by atoms with E-state index in [1.54, 1.807) is 11.2 Å². The molecule has 14 heavy (non-hydrogen) atoms. The molecule has 1 heterocycles. The molecule has 0 radical (unpaired) electrons. The van der Waals surface area contributed by atoms with Gasteiger partial charge in [-0.2, -0.15) is 0 Å². The van der Waals surface area contributed by atoms with E-state index in [0.717, 1.165) is 11.4 Å². The van der Waals surface area contributed by atoms with Gasteiger partial charge in [-0.1, -0.05) is 12.1 Å². The molecular formula is C9H10N4O. The average Bonchev–Trinajstić information content (AvgIpc) is 2.18. The van der Waals surface area contributed by atoms with Crippen LogP contribution in [-0.2, 0) is 0 Å². The Labute approximate surface area is 81.2 Å². The van der Waals surface area contributed by atoms with Gasteiger partial charge in [0, 0.05) is 0 Å². The van der Waals surface area contributed by atoms with Crippen molar-refractivity contribution in [2.24, 2.45) is 16.6 Å². The summed E-state index contributed by atoms with van der Waals surface area (Å²) < 4.78 is 5.26. The number of nitrogens with zero attached hydrogens (tertiary/aromatic N) is 2. The van der Waals surface area contributed by atoms with E-state index in [0.29, 0.717) is 0 Å². The van der Waals surface area contributed by atoms with E-state index in [4.69, 9.17) is 16.2 Å². The molecule has 0 spiro atoms. The Kier molecular flexibility index (Phi) is 1.98. The lowest BCUT2D eigenvalue weighted by Crippen LogP contribution is -2.27. The van der Waals surface area contributed by atoms with Gasteiger partial charge in [-0.15, -0.1) is 5.10 Å². The molecule has 1 aliphatic rings. The zero-order valence-corrected chi connectivity index (χ0v) is 7.42. The molecule has 0 fully saturated rings. The minimum Gasteiger partial charge on any atom is -0.461 e. The number of ether oxygens (including phenoxy) is 1. The number of para-hydroxylation sites is 2. The normalized spacial score (nSPS) is 13.0. The number of hydrazone groups is 1. The maximum atomic E-state index is 5.29. The van der Waals surface area contributed by atoms with Crippen molar-refractivity contribution in [3.8, 4) is 5.75 Å². The minimum atomic E-state index is 0.00588. The first-order valence-electron chi connectivity index (χ1n) is 4.08. The van der Waals surface area contributed by atoms with Crippen LogP contribution in [0.3, 0.4) is 0 Å². The zero-order valence-electron chi connectivity index (χ0n) is 7.42. The monoisotopic (exact) mass is 190 g/mol. The molecule has 4 N–H and O–H groups in total. The summed E-state index contributed by atoms with van der Waals surface area (Å²) in [7, 11) is 0. The highest BCUT2D eigenvalue weighted by Crippen LogP contribution is 2.31. The van der Waals surface area contributed by atoms with Gasteiger partial charge in [0.2, 0.25) is 5.96 Å². The highest BCUT2D eigenvalue weighted by molar-refractivity contribution is 5.78. The van der Waals surface area contributed by atoms with Gasteiger partial charge >= 0.3 is 0 Å². The number of hydrogen-bond acceptors (Lipinski definition) is 3. The van der Waals surface area contributed by atoms with Crippen LogP contribution in [0.25, 0.3) is 0 Å². The van der Waals surface area contributed by atoms with Crippen LogP contribution in [0.15, 0.2) is 41.8 Å². The van der Waals surface area contributed by atoms with Crippen molar-refractivity contribution in [3.05, 3.63) is 36.7 Å². The highest BCUT2D eigenvalue weighted by atomic mass is 16.5. The van der Waals surface area contributed by atoms with E-state index >= 15 is 0 Å². The third-order valence-corrected chi connectivity index (χ3v) is 1.73. The Bertz CT molecular complexity index is 396. The summed E-state index contributed by atoms with van der Waals surface area (Å²) in [4.78, 5) is 0. The first-order chi connectivity index (χ1) is 6.77. The van der Waals surface area contributed by atoms with Crippen LogP contribution in [0.5, 0.6) is 5.75 Å². The number of guanidine groups is 1. The maximum absolute atomic E-state index is 5.29. The molecule has 72 valence electrons.